The SMILES string of the molecule is Nc1ccc(/C=C/C(=O)N2CCOCC2)cc1. The van der Waals surface area contributed by atoms with Crippen molar-refractivity contribution in [2.45, 2.75) is 0 Å². The van der Waals surface area contributed by atoms with Gasteiger partial charge in [-0.1, -0.05) is 12.1 Å². The van der Waals surface area contributed by atoms with Crippen molar-refractivity contribution in [2.24, 2.45) is 0 Å². The molecule has 2 N–H and O–H groups in total. The summed E-state index contributed by atoms with van der Waals surface area (Å²) in [5.74, 6) is 0.0325. The summed E-state index contributed by atoms with van der Waals surface area (Å²) in [6, 6.07) is 7.41. The first-order valence-electron chi connectivity index (χ1n) is 5.66. The van der Waals surface area contributed by atoms with Crippen molar-refractivity contribution in [3.05, 3.63) is 35.9 Å². The van der Waals surface area contributed by atoms with Crippen LogP contribution in [0, 0.1) is 0 Å². The fraction of sp³-hybridized carbons (Fsp3) is 0.308. The van der Waals surface area contributed by atoms with E-state index in [1.807, 2.05) is 24.3 Å². The van der Waals surface area contributed by atoms with Gasteiger partial charge in [0.2, 0.25) is 5.91 Å². The largest absolute Gasteiger partial charge is 0.399 e. The predicted molar refractivity (Wildman–Crippen MR) is 67.3 cm³/mol. The quantitative estimate of drug-likeness (QED) is 0.614. The maximum Gasteiger partial charge on any atom is 0.246 e. The van der Waals surface area contributed by atoms with Gasteiger partial charge in [-0.15, -0.1) is 0 Å². The third-order valence-corrected chi connectivity index (χ3v) is 2.68. The van der Waals surface area contributed by atoms with Crippen LogP contribution in [0.5, 0.6) is 0 Å². The normalized spacial score (nSPS) is 16.4. The number of anilines is 1. The molecule has 1 fully saturated rings. The molecule has 1 aliphatic heterocycles. The van der Waals surface area contributed by atoms with Crippen LogP contribution in [0.4, 0.5) is 5.69 Å². The van der Waals surface area contributed by atoms with Crippen LogP contribution in [0.3, 0.4) is 0 Å². The average Bonchev–Trinajstić information content (AvgIpc) is 2.39. The summed E-state index contributed by atoms with van der Waals surface area (Å²) in [6.07, 6.45) is 3.40. The molecule has 0 spiro atoms. The number of amides is 1. The molecule has 4 nitrogen and oxygen atoms in total. The van der Waals surface area contributed by atoms with Crippen molar-refractivity contribution in [2.75, 3.05) is 32.0 Å². The van der Waals surface area contributed by atoms with E-state index < -0.39 is 0 Å². The lowest BCUT2D eigenvalue weighted by atomic mass is 10.2. The Hall–Kier alpha value is -1.81. The smallest absolute Gasteiger partial charge is 0.246 e. The van der Waals surface area contributed by atoms with Crippen LogP contribution in [0.15, 0.2) is 30.3 Å². The molecule has 17 heavy (non-hydrogen) atoms. The maximum atomic E-state index is 11.8. The summed E-state index contributed by atoms with van der Waals surface area (Å²) in [7, 11) is 0. The number of nitrogen functional groups attached to an aromatic ring is 1. The third-order valence-electron chi connectivity index (χ3n) is 2.68. The van der Waals surface area contributed by atoms with Gasteiger partial charge >= 0.3 is 0 Å². The number of benzene rings is 1. The van der Waals surface area contributed by atoms with Gasteiger partial charge in [-0.05, 0) is 23.8 Å². The Morgan fingerprint density at radius 1 is 1.24 bits per heavy atom. The van der Waals surface area contributed by atoms with Crippen molar-refractivity contribution in [3.63, 3.8) is 0 Å². The van der Waals surface area contributed by atoms with Gasteiger partial charge in [-0.2, -0.15) is 0 Å². The van der Waals surface area contributed by atoms with Gasteiger partial charge in [0.05, 0.1) is 13.2 Å². The van der Waals surface area contributed by atoms with Crippen molar-refractivity contribution in [3.8, 4) is 0 Å². The van der Waals surface area contributed by atoms with Crippen LogP contribution in [0.2, 0.25) is 0 Å². The number of nitrogens with two attached hydrogens (primary N) is 1. The van der Waals surface area contributed by atoms with Crippen LogP contribution in [-0.2, 0) is 9.53 Å². The Kier molecular flexibility index (Phi) is 3.77. The minimum atomic E-state index is 0.0325. The highest BCUT2D eigenvalue weighted by Gasteiger charge is 2.13. The molecule has 1 heterocycles. The zero-order valence-electron chi connectivity index (χ0n) is 9.63. The second-order valence-corrected chi connectivity index (χ2v) is 3.94. The Bertz CT molecular complexity index is 406. The molecule has 90 valence electrons. The predicted octanol–water partition coefficient (Wildman–Crippen LogP) is 1.14. The molecule has 1 saturated heterocycles. The molecule has 0 unspecified atom stereocenters. The lowest BCUT2D eigenvalue weighted by Gasteiger charge is -2.25. The Morgan fingerprint density at radius 2 is 1.88 bits per heavy atom. The fourth-order valence-corrected chi connectivity index (χ4v) is 1.66. The van der Waals surface area contributed by atoms with Gasteiger partial charge in [0, 0.05) is 24.9 Å². The number of hydrogen-bond donors (Lipinski definition) is 1. The van der Waals surface area contributed by atoms with Crippen molar-refractivity contribution in [1.82, 2.24) is 4.90 Å². The molecule has 0 aromatic heterocycles. The van der Waals surface area contributed by atoms with E-state index in [4.69, 9.17) is 10.5 Å². The molecule has 1 amide bonds. The van der Waals surface area contributed by atoms with Crippen LogP contribution in [0.1, 0.15) is 5.56 Å². The fourth-order valence-electron chi connectivity index (χ4n) is 1.66. The summed E-state index contributed by atoms with van der Waals surface area (Å²) in [4.78, 5) is 13.6. The van der Waals surface area contributed by atoms with Crippen molar-refractivity contribution >= 4 is 17.7 Å². The zero-order chi connectivity index (χ0) is 12.1. The number of carbonyl (C=O) groups is 1. The Balaban J connectivity index is 1.95. The molecule has 4 heteroatoms. The van der Waals surface area contributed by atoms with Crippen LogP contribution < -0.4 is 5.73 Å². The van der Waals surface area contributed by atoms with E-state index >= 15 is 0 Å². The van der Waals surface area contributed by atoms with E-state index in [-0.39, 0.29) is 5.91 Å². The van der Waals surface area contributed by atoms with E-state index in [9.17, 15) is 4.79 Å². The van der Waals surface area contributed by atoms with Gasteiger partial charge in [0.1, 0.15) is 0 Å². The lowest BCUT2D eigenvalue weighted by Crippen LogP contribution is -2.39. The molecule has 1 aliphatic rings. The minimum Gasteiger partial charge on any atom is -0.399 e. The first-order chi connectivity index (χ1) is 8.25. The number of nitrogens with zero attached hydrogens (tertiary/aromatic N) is 1. The van der Waals surface area contributed by atoms with E-state index in [1.54, 1.807) is 17.1 Å². The molecule has 0 radical (unpaired) electrons. The summed E-state index contributed by atoms with van der Waals surface area (Å²) in [6.45, 7) is 2.60. The van der Waals surface area contributed by atoms with E-state index in [2.05, 4.69) is 0 Å². The third kappa shape index (κ3) is 3.32. The molecule has 0 saturated carbocycles. The Labute approximate surface area is 101 Å². The molecular formula is C13H16N2O2. The monoisotopic (exact) mass is 232 g/mol. The highest BCUT2D eigenvalue weighted by molar-refractivity contribution is 5.91. The van der Waals surface area contributed by atoms with Gasteiger partial charge in [0.15, 0.2) is 0 Å². The Morgan fingerprint density at radius 3 is 2.53 bits per heavy atom. The van der Waals surface area contributed by atoms with Gasteiger partial charge < -0.3 is 15.4 Å². The standard InChI is InChI=1S/C13H16N2O2/c14-12-4-1-11(2-5-12)3-6-13(16)15-7-9-17-10-8-15/h1-6H,7-10,14H2/b6-3+. The zero-order valence-corrected chi connectivity index (χ0v) is 9.63. The maximum absolute atomic E-state index is 11.8. The van der Waals surface area contributed by atoms with Crippen LogP contribution in [-0.4, -0.2) is 37.1 Å². The molecule has 0 bridgehead atoms. The molecule has 2 rings (SSSR count). The first-order valence-corrected chi connectivity index (χ1v) is 5.66. The summed E-state index contributed by atoms with van der Waals surface area (Å²) < 4.78 is 5.19. The molecular weight excluding hydrogens is 216 g/mol. The lowest BCUT2D eigenvalue weighted by molar-refractivity contribution is -0.129. The van der Waals surface area contributed by atoms with Gasteiger partial charge in [-0.3, -0.25) is 4.79 Å². The average molecular weight is 232 g/mol. The number of ether oxygens (including phenoxy) is 1. The topological polar surface area (TPSA) is 55.6 Å². The molecule has 1 aromatic carbocycles. The van der Waals surface area contributed by atoms with Crippen LogP contribution >= 0.6 is 0 Å². The number of carbonyl (C=O) groups excluding carboxylic acids is 1. The second kappa shape index (κ2) is 5.50. The van der Waals surface area contributed by atoms with E-state index in [0.29, 0.717) is 26.3 Å². The first kappa shape index (κ1) is 11.7. The highest BCUT2D eigenvalue weighted by atomic mass is 16.5. The van der Waals surface area contributed by atoms with Gasteiger partial charge in [0.25, 0.3) is 0 Å². The molecule has 0 aliphatic carbocycles. The number of rotatable bonds is 2. The van der Waals surface area contributed by atoms with E-state index in [0.717, 1.165) is 11.3 Å². The minimum absolute atomic E-state index is 0.0325. The van der Waals surface area contributed by atoms with Gasteiger partial charge in [-0.25, -0.2) is 0 Å². The second-order valence-electron chi connectivity index (χ2n) is 3.94. The molecule has 0 atom stereocenters. The van der Waals surface area contributed by atoms with Crippen molar-refractivity contribution < 1.29 is 9.53 Å². The summed E-state index contributed by atoms with van der Waals surface area (Å²) in [5.41, 5.74) is 7.28. The van der Waals surface area contributed by atoms with Crippen LogP contribution in [0.25, 0.3) is 6.08 Å². The summed E-state index contributed by atoms with van der Waals surface area (Å²) in [5, 5.41) is 0. The summed E-state index contributed by atoms with van der Waals surface area (Å²) >= 11 is 0. The number of morpholine rings is 1. The highest BCUT2D eigenvalue weighted by Crippen LogP contribution is 2.07. The molecule has 1 aromatic rings. The number of hydrogen-bond acceptors (Lipinski definition) is 3. The van der Waals surface area contributed by atoms with E-state index in [1.165, 1.54) is 0 Å². The van der Waals surface area contributed by atoms with Crippen molar-refractivity contribution in [1.29, 1.82) is 0 Å².